The topological polar surface area (TPSA) is 43.8 Å². The largest absolute Gasteiger partial charge is 0.389 e. The highest BCUT2D eigenvalue weighted by molar-refractivity contribution is 9.10. The first-order valence-electron chi connectivity index (χ1n) is 4.72. The summed E-state index contributed by atoms with van der Waals surface area (Å²) in [6, 6.07) is 7.83. The van der Waals surface area contributed by atoms with E-state index in [1.807, 2.05) is 35.1 Å². The zero-order chi connectivity index (χ0) is 11.5. The molecule has 0 fully saturated rings. The van der Waals surface area contributed by atoms with Crippen molar-refractivity contribution < 1.29 is 0 Å². The van der Waals surface area contributed by atoms with E-state index in [1.54, 1.807) is 6.20 Å². The first-order chi connectivity index (χ1) is 7.66. The Balaban J connectivity index is 2.31. The Bertz CT molecular complexity index is 521. The van der Waals surface area contributed by atoms with Crippen LogP contribution >= 0.6 is 28.1 Å². The summed E-state index contributed by atoms with van der Waals surface area (Å²) < 4.78 is 2.79. The van der Waals surface area contributed by atoms with E-state index in [-0.39, 0.29) is 0 Å². The minimum Gasteiger partial charge on any atom is -0.389 e. The molecule has 2 N–H and O–H groups in total. The molecule has 0 saturated heterocycles. The third kappa shape index (κ3) is 2.48. The summed E-state index contributed by atoms with van der Waals surface area (Å²) >= 11 is 8.37. The fourth-order valence-corrected chi connectivity index (χ4v) is 2.02. The third-order valence-corrected chi connectivity index (χ3v) is 2.85. The van der Waals surface area contributed by atoms with Gasteiger partial charge in [-0.2, -0.15) is 5.10 Å². The molecule has 3 nitrogen and oxygen atoms in total. The fourth-order valence-electron chi connectivity index (χ4n) is 1.50. The monoisotopic (exact) mass is 295 g/mol. The molecule has 5 heteroatoms. The minimum atomic E-state index is 0.418. The molecule has 0 aliphatic rings. The van der Waals surface area contributed by atoms with Crippen LogP contribution in [0.5, 0.6) is 0 Å². The van der Waals surface area contributed by atoms with Gasteiger partial charge in [0.15, 0.2) is 0 Å². The molecule has 0 aliphatic heterocycles. The molecule has 2 aromatic rings. The lowest BCUT2D eigenvalue weighted by Crippen LogP contribution is -2.14. The van der Waals surface area contributed by atoms with Gasteiger partial charge in [0.2, 0.25) is 0 Å². The van der Waals surface area contributed by atoms with Crippen molar-refractivity contribution >= 4 is 33.1 Å². The van der Waals surface area contributed by atoms with Crippen molar-refractivity contribution in [3.05, 3.63) is 52.3 Å². The molecule has 1 aromatic carbocycles. The van der Waals surface area contributed by atoms with Crippen LogP contribution in [0, 0.1) is 0 Å². The van der Waals surface area contributed by atoms with Crippen molar-refractivity contribution in [2.45, 2.75) is 6.54 Å². The number of nitrogens with zero attached hydrogens (tertiary/aromatic N) is 2. The van der Waals surface area contributed by atoms with Gasteiger partial charge in [0.1, 0.15) is 4.99 Å². The highest BCUT2D eigenvalue weighted by Crippen LogP contribution is 2.12. The summed E-state index contributed by atoms with van der Waals surface area (Å²) in [6.07, 6.45) is 3.67. The zero-order valence-electron chi connectivity index (χ0n) is 8.43. The minimum absolute atomic E-state index is 0.418. The van der Waals surface area contributed by atoms with E-state index in [9.17, 15) is 0 Å². The zero-order valence-corrected chi connectivity index (χ0v) is 10.8. The van der Waals surface area contributed by atoms with Crippen molar-refractivity contribution in [1.29, 1.82) is 0 Å². The molecule has 2 rings (SSSR count). The fraction of sp³-hybridized carbons (Fsp3) is 0.0909. The summed E-state index contributed by atoms with van der Waals surface area (Å²) in [6.45, 7) is 0.666. The van der Waals surface area contributed by atoms with E-state index in [4.69, 9.17) is 18.0 Å². The number of rotatable bonds is 3. The number of hydrogen-bond donors (Lipinski definition) is 1. The standard InChI is InChI=1S/C11H10BrN3S/c12-9-5-14-15(7-9)6-8-3-1-2-4-10(8)11(13)16/h1-5,7H,6H2,(H2,13,16). The van der Waals surface area contributed by atoms with Crippen molar-refractivity contribution in [3.8, 4) is 0 Å². The Labute approximate surface area is 107 Å². The number of benzene rings is 1. The van der Waals surface area contributed by atoms with E-state index < -0.39 is 0 Å². The highest BCUT2D eigenvalue weighted by atomic mass is 79.9. The maximum absolute atomic E-state index is 5.67. The van der Waals surface area contributed by atoms with Crippen LogP contribution in [0.2, 0.25) is 0 Å². The van der Waals surface area contributed by atoms with Crippen LogP contribution in [0.15, 0.2) is 41.1 Å². The maximum atomic E-state index is 5.67. The van der Waals surface area contributed by atoms with Crippen LogP contribution < -0.4 is 5.73 Å². The van der Waals surface area contributed by atoms with Crippen molar-refractivity contribution in [1.82, 2.24) is 9.78 Å². The highest BCUT2D eigenvalue weighted by Gasteiger charge is 2.05. The molecule has 0 spiro atoms. The molecule has 0 amide bonds. The summed E-state index contributed by atoms with van der Waals surface area (Å²) in [5.74, 6) is 0. The first-order valence-corrected chi connectivity index (χ1v) is 5.92. The number of hydrogen-bond acceptors (Lipinski definition) is 2. The van der Waals surface area contributed by atoms with Gasteiger partial charge in [-0.3, -0.25) is 4.68 Å². The van der Waals surface area contributed by atoms with E-state index in [2.05, 4.69) is 21.0 Å². The molecule has 0 radical (unpaired) electrons. The van der Waals surface area contributed by atoms with Gasteiger partial charge in [-0.15, -0.1) is 0 Å². The number of nitrogens with two attached hydrogens (primary N) is 1. The van der Waals surface area contributed by atoms with Crippen LogP contribution in [0.4, 0.5) is 0 Å². The van der Waals surface area contributed by atoms with Crippen LogP contribution in [0.1, 0.15) is 11.1 Å². The molecular weight excluding hydrogens is 286 g/mol. The average molecular weight is 296 g/mol. The molecular formula is C11H10BrN3S. The van der Waals surface area contributed by atoms with Gasteiger partial charge >= 0.3 is 0 Å². The predicted molar refractivity (Wildman–Crippen MR) is 71.4 cm³/mol. The number of aromatic nitrogens is 2. The second-order valence-electron chi connectivity index (χ2n) is 3.38. The van der Waals surface area contributed by atoms with Gasteiger partial charge in [0.25, 0.3) is 0 Å². The Morgan fingerprint density at radius 3 is 2.81 bits per heavy atom. The predicted octanol–water partition coefficient (Wildman–Crippen LogP) is 2.33. The first kappa shape index (κ1) is 11.3. The van der Waals surface area contributed by atoms with Crippen LogP contribution in [0.3, 0.4) is 0 Å². The van der Waals surface area contributed by atoms with Gasteiger partial charge < -0.3 is 5.73 Å². The quantitative estimate of drug-likeness (QED) is 0.884. The smallest absolute Gasteiger partial charge is 0.104 e. The second kappa shape index (κ2) is 4.76. The normalized spacial score (nSPS) is 10.3. The van der Waals surface area contributed by atoms with Crippen LogP contribution in [-0.4, -0.2) is 14.8 Å². The maximum Gasteiger partial charge on any atom is 0.104 e. The summed E-state index contributed by atoms with van der Waals surface area (Å²) in [7, 11) is 0. The number of halogens is 1. The van der Waals surface area contributed by atoms with Crippen molar-refractivity contribution in [2.24, 2.45) is 5.73 Å². The van der Waals surface area contributed by atoms with E-state index >= 15 is 0 Å². The van der Waals surface area contributed by atoms with E-state index in [0.717, 1.165) is 15.6 Å². The molecule has 0 aliphatic carbocycles. The molecule has 0 saturated carbocycles. The van der Waals surface area contributed by atoms with Crippen LogP contribution in [-0.2, 0) is 6.54 Å². The molecule has 82 valence electrons. The Kier molecular flexibility index (Phi) is 3.36. The average Bonchev–Trinajstić information content (AvgIpc) is 2.64. The van der Waals surface area contributed by atoms with Gasteiger partial charge in [-0.1, -0.05) is 36.5 Å². The SMILES string of the molecule is NC(=S)c1ccccc1Cn1cc(Br)cn1. The van der Waals surface area contributed by atoms with Crippen molar-refractivity contribution in [3.63, 3.8) is 0 Å². The summed E-state index contributed by atoms with van der Waals surface area (Å²) in [5.41, 5.74) is 7.65. The Hall–Kier alpha value is -1.20. The lowest BCUT2D eigenvalue weighted by molar-refractivity contribution is 0.686. The molecule has 0 unspecified atom stereocenters. The Morgan fingerprint density at radius 1 is 1.44 bits per heavy atom. The molecule has 1 heterocycles. The lowest BCUT2D eigenvalue weighted by Gasteiger charge is -2.07. The molecule has 1 aromatic heterocycles. The van der Waals surface area contributed by atoms with E-state index in [0.29, 0.717) is 11.5 Å². The van der Waals surface area contributed by atoms with Gasteiger partial charge in [0, 0.05) is 11.8 Å². The lowest BCUT2D eigenvalue weighted by atomic mass is 10.1. The molecule has 16 heavy (non-hydrogen) atoms. The summed E-state index contributed by atoms with van der Waals surface area (Å²) in [5, 5.41) is 4.20. The van der Waals surface area contributed by atoms with Gasteiger partial charge in [-0.05, 0) is 21.5 Å². The van der Waals surface area contributed by atoms with E-state index in [1.165, 1.54) is 0 Å². The summed E-state index contributed by atoms with van der Waals surface area (Å²) in [4.78, 5) is 0.418. The van der Waals surface area contributed by atoms with Gasteiger partial charge in [0.05, 0.1) is 17.2 Å². The van der Waals surface area contributed by atoms with Crippen LogP contribution in [0.25, 0.3) is 0 Å². The van der Waals surface area contributed by atoms with Crippen molar-refractivity contribution in [2.75, 3.05) is 0 Å². The molecule has 0 atom stereocenters. The van der Waals surface area contributed by atoms with Gasteiger partial charge in [-0.25, -0.2) is 0 Å². The second-order valence-corrected chi connectivity index (χ2v) is 4.73. The Morgan fingerprint density at radius 2 is 2.19 bits per heavy atom. The number of thiocarbonyl (C=S) groups is 1. The third-order valence-electron chi connectivity index (χ3n) is 2.22. The molecule has 0 bridgehead atoms.